The highest BCUT2D eigenvalue weighted by Gasteiger charge is 2.24. The normalized spacial score (nSPS) is 15.6. The molecule has 0 spiro atoms. The molecule has 0 unspecified atom stereocenters. The topological polar surface area (TPSA) is 67.2 Å². The number of carbonyl (C=O) groups is 2. The maximum atomic E-state index is 12.6. The molecular formula is C19H26N4O2. The van der Waals surface area contributed by atoms with Crippen LogP contribution in [-0.4, -0.2) is 52.5 Å². The van der Waals surface area contributed by atoms with Crippen molar-refractivity contribution in [3.63, 3.8) is 0 Å². The molecule has 0 saturated carbocycles. The van der Waals surface area contributed by atoms with Crippen LogP contribution in [0.2, 0.25) is 0 Å². The van der Waals surface area contributed by atoms with Gasteiger partial charge in [0.25, 0.3) is 11.7 Å². The number of ketones is 1. The zero-order chi connectivity index (χ0) is 17.8. The van der Waals surface area contributed by atoms with Gasteiger partial charge in [-0.05, 0) is 45.8 Å². The molecule has 1 amide bonds. The number of hydrogen-bond acceptors (Lipinski definition) is 4. The number of hydrogen-bond donors (Lipinski definition) is 1. The van der Waals surface area contributed by atoms with Gasteiger partial charge < -0.3 is 10.2 Å². The molecule has 0 radical (unpaired) electrons. The molecule has 1 N–H and O–H groups in total. The van der Waals surface area contributed by atoms with Crippen LogP contribution in [-0.2, 0) is 4.79 Å². The van der Waals surface area contributed by atoms with Crippen molar-refractivity contribution < 1.29 is 9.59 Å². The first kappa shape index (κ1) is 17.6. The molecule has 1 aliphatic heterocycles. The summed E-state index contributed by atoms with van der Waals surface area (Å²) < 4.78 is 1.80. The second kappa shape index (κ2) is 7.78. The van der Waals surface area contributed by atoms with E-state index in [4.69, 9.17) is 0 Å². The van der Waals surface area contributed by atoms with Crippen LogP contribution in [0.5, 0.6) is 0 Å². The number of rotatable bonds is 6. The summed E-state index contributed by atoms with van der Waals surface area (Å²) in [5.41, 5.74) is 1.11. The quantitative estimate of drug-likeness (QED) is 0.647. The average Bonchev–Trinajstić information content (AvgIpc) is 3.02. The van der Waals surface area contributed by atoms with Gasteiger partial charge in [0.2, 0.25) is 0 Å². The number of benzene rings is 1. The van der Waals surface area contributed by atoms with Crippen molar-refractivity contribution >= 4 is 22.6 Å². The molecule has 0 atom stereocenters. The van der Waals surface area contributed by atoms with Gasteiger partial charge in [-0.15, -0.1) is 0 Å². The van der Waals surface area contributed by atoms with Crippen LogP contribution in [0.25, 0.3) is 10.9 Å². The Morgan fingerprint density at radius 2 is 1.88 bits per heavy atom. The average molecular weight is 342 g/mol. The molecule has 2 heterocycles. The van der Waals surface area contributed by atoms with Crippen LogP contribution in [0.1, 0.15) is 49.6 Å². The molecule has 1 aliphatic rings. The minimum atomic E-state index is -0.573. The van der Waals surface area contributed by atoms with Crippen molar-refractivity contribution in [2.24, 2.45) is 0 Å². The molecule has 0 bridgehead atoms. The third-order valence-corrected chi connectivity index (χ3v) is 4.69. The number of aromatic nitrogens is 2. The maximum Gasteiger partial charge on any atom is 0.294 e. The summed E-state index contributed by atoms with van der Waals surface area (Å²) >= 11 is 0. The molecule has 1 saturated heterocycles. The van der Waals surface area contributed by atoms with Gasteiger partial charge in [0, 0.05) is 24.5 Å². The van der Waals surface area contributed by atoms with Gasteiger partial charge in [-0.1, -0.05) is 24.6 Å². The van der Waals surface area contributed by atoms with Gasteiger partial charge in [-0.25, -0.2) is 0 Å². The monoisotopic (exact) mass is 342 g/mol. The number of amides is 1. The summed E-state index contributed by atoms with van der Waals surface area (Å²) in [5.74, 6) is -1.13. The van der Waals surface area contributed by atoms with Crippen molar-refractivity contribution in [2.45, 2.75) is 39.2 Å². The summed E-state index contributed by atoms with van der Waals surface area (Å²) in [6, 6.07) is 7.66. The molecule has 1 fully saturated rings. The van der Waals surface area contributed by atoms with Gasteiger partial charge >= 0.3 is 0 Å². The van der Waals surface area contributed by atoms with E-state index in [-0.39, 0.29) is 11.7 Å². The van der Waals surface area contributed by atoms with Crippen LogP contribution >= 0.6 is 0 Å². The Morgan fingerprint density at radius 1 is 1.16 bits per heavy atom. The third kappa shape index (κ3) is 3.90. The second-order valence-electron chi connectivity index (χ2n) is 6.89. The van der Waals surface area contributed by atoms with Crippen molar-refractivity contribution in [1.82, 2.24) is 20.0 Å². The van der Waals surface area contributed by atoms with Crippen LogP contribution in [0, 0.1) is 0 Å². The molecule has 3 rings (SSSR count). The lowest BCUT2D eigenvalue weighted by atomic mass is 10.1. The first-order chi connectivity index (χ1) is 12.1. The van der Waals surface area contributed by atoms with E-state index in [9.17, 15) is 9.59 Å². The van der Waals surface area contributed by atoms with E-state index < -0.39 is 11.7 Å². The van der Waals surface area contributed by atoms with Crippen molar-refractivity contribution in [2.75, 3.05) is 26.2 Å². The predicted octanol–water partition coefficient (Wildman–Crippen LogP) is 2.40. The van der Waals surface area contributed by atoms with Gasteiger partial charge in [0.15, 0.2) is 0 Å². The minimum absolute atomic E-state index is 0.119. The first-order valence-electron chi connectivity index (χ1n) is 9.10. The fourth-order valence-electron chi connectivity index (χ4n) is 3.35. The molecule has 1 aromatic heterocycles. The summed E-state index contributed by atoms with van der Waals surface area (Å²) in [7, 11) is 0. The van der Waals surface area contributed by atoms with Gasteiger partial charge in [0.1, 0.15) is 5.69 Å². The fraction of sp³-hybridized carbons (Fsp3) is 0.526. The highest BCUT2D eigenvalue weighted by atomic mass is 16.2. The fourth-order valence-corrected chi connectivity index (χ4v) is 3.35. The molecule has 6 heteroatoms. The van der Waals surface area contributed by atoms with Crippen molar-refractivity contribution in [1.29, 1.82) is 0 Å². The van der Waals surface area contributed by atoms with Crippen LogP contribution in [0.15, 0.2) is 24.3 Å². The predicted molar refractivity (Wildman–Crippen MR) is 97.7 cm³/mol. The molecule has 134 valence electrons. The number of piperidine rings is 1. The van der Waals surface area contributed by atoms with Gasteiger partial charge in [-0.2, -0.15) is 5.10 Å². The highest BCUT2D eigenvalue weighted by Crippen LogP contribution is 2.22. The van der Waals surface area contributed by atoms with E-state index in [1.165, 1.54) is 19.3 Å². The lowest BCUT2D eigenvalue weighted by Gasteiger charge is -2.26. The Kier molecular flexibility index (Phi) is 5.48. The minimum Gasteiger partial charge on any atom is -0.348 e. The number of fused-ring (bicyclic) bond motifs is 1. The van der Waals surface area contributed by atoms with E-state index in [0.717, 1.165) is 30.5 Å². The lowest BCUT2D eigenvalue weighted by molar-refractivity contribution is -0.117. The second-order valence-corrected chi connectivity index (χ2v) is 6.89. The number of nitrogens with zero attached hydrogens (tertiary/aromatic N) is 3. The van der Waals surface area contributed by atoms with Gasteiger partial charge in [-0.3, -0.25) is 14.3 Å². The molecule has 0 aliphatic carbocycles. The Labute approximate surface area is 148 Å². The highest BCUT2D eigenvalue weighted by molar-refractivity contribution is 6.44. The number of likely N-dealkylation sites (tertiary alicyclic amines) is 1. The number of Topliss-reactive ketones (excluding diaryl/α,β-unsaturated/α-hetero) is 1. The summed E-state index contributed by atoms with van der Waals surface area (Å²) in [6.45, 7) is 7.45. The molecule has 1 aromatic carbocycles. The first-order valence-corrected chi connectivity index (χ1v) is 9.10. The van der Waals surface area contributed by atoms with Crippen molar-refractivity contribution in [3.8, 4) is 0 Å². The largest absolute Gasteiger partial charge is 0.348 e. The SMILES string of the molecule is CC(C)n1nc(C(=O)C(=O)NCCN2CCCCC2)c2ccccc21. The standard InChI is InChI=1S/C19H26N4O2/c1-14(2)23-16-9-5-4-8-15(16)17(21-23)18(24)19(25)20-10-13-22-11-6-3-7-12-22/h4-5,8-9,14H,3,6-7,10-13H2,1-2H3,(H,20,25). The zero-order valence-electron chi connectivity index (χ0n) is 15.0. The van der Waals surface area contributed by atoms with Crippen molar-refractivity contribution in [3.05, 3.63) is 30.0 Å². The van der Waals surface area contributed by atoms with E-state index in [1.54, 1.807) is 4.68 Å². The van der Waals surface area contributed by atoms with E-state index in [1.807, 2.05) is 38.1 Å². The molecule has 6 nitrogen and oxygen atoms in total. The molecule has 25 heavy (non-hydrogen) atoms. The van der Waals surface area contributed by atoms with E-state index in [2.05, 4.69) is 15.3 Å². The summed E-state index contributed by atoms with van der Waals surface area (Å²) in [4.78, 5) is 27.2. The maximum absolute atomic E-state index is 12.6. The molecule has 2 aromatic rings. The van der Waals surface area contributed by atoms with Gasteiger partial charge in [0.05, 0.1) is 5.52 Å². The summed E-state index contributed by atoms with van der Waals surface area (Å²) in [5, 5.41) is 7.88. The third-order valence-electron chi connectivity index (χ3n) is 4.69. The molecular weight excluding hydrogens is 316 g/mol. The Morgan fingerprint density at radius 3 is 2.60 bits per heavy atom. The Balaban J connectivity index is 1.67. The number of carbonyl (C=O) groups excluding carboxylic acids is 2. The van der Waals surface area contributed by atoms with E-state index >= 15 is 0 Å². The number of nitrogens with one attached hydrogen (secondary N) is 1. The Bertz CT molecular complexity index is 760. The van der Waals surface area contributed by atoms with Crippen LogP contribution in [0.4, 0.5) is 0 Å². The Hall–Kier alpha value is -2.21. The summed E-state index contributed by atoms with van der Waals surface area (Å²) in [6.07, 6.45) is 3.71. The van der Waals surface area contributed by atoms with Crippen LogP contribution < -0.4 is 5.32 Å². The van der Waals surface area contributed by atoms with E-state index in [0.29, 0.717) is 6.54 Å². The smallest absolute Gasteiger partial charge is 0.294 e. The lowest BCUT2D eigenvalue weighted by Crippen LogP contribution is -2.40. The van der Waals surface area contributed by atoms with Crippen LogP contribution in [0.3, 0.4) is 0 Å². The zero-order valence-corrected chi connectivity index (χ0v) is 15.0. The number of para-hydroxylation sites is 1.